The summed E-state index contributed by atoms with van der Waals surface area (Å²) in [5.74, 6) is 0.388. The fourth-order valence-corrected chi connectivity index (χ4v) is 6.35. The van der Waals surface area contributed by atoms with E-state index in [4.69, 9.17) is 24.4 Å². The Balaban J connectivity index is 1.57. The predicted octanol–water partition coefficient (Wildman–Crippen LogP) is 5.30. The number of hydrogen-bond donors (Lipinski definition) is 3. The van der Waals surface area contributed by atoms with Crippen molar-refractivity contribution >= 4 is 12.1 Å². The molecule has 214 valence electrons. The molecule has 8 nitrogen and oxygen atoms in total. The molecule has 38 heavy (non-hydrogen) atoms. The van der Waals surface area contributed by atoms with Crippen LogP contribution in [0, 0.1) is 17.8 Å². The molecule has 5 atom stereocenters. The van der Waals surface area contributed by atoms with Crippen LogP contribution in [0.15, 0.2) is 18.2 Å². The van der Waals surface area contributed by atoms with Gasteiger partial charge in [0.05, 0.1) is 12.7 Å². The molecular weight excluding hydrogens is 488 g/mol. The number of unbranched alkanes of at least 4 members (excludes halogenated alkanes) is 6. The van der Waals surface area contributed by atoms with Gasteiger partial charge in [-0.2, -0.15) is 0 Å². The smallest absolute Gasteiger partial charge is 0.482 e. The highest BCUT2D eigenvalue weighted by Gasteiger charge is 2.45. The number of ether oxygens (including phenoxy) is 3. The summed E-state index contributed by atoms with van der Waals surface area (Å²) in [7, 11) is 0. The Kier molecular flexibility index (Phi) is 12.7. The Labute approximate surface area is 226 Å². The van der Waals surface area contributed by atoms with Crippen LogP contribution in [-0.2, 0) is 27.1 Å². The SMILES string of the molecule is CCCCCCCCC[C@@H](CC[C@@H]1[C@H]2Cc3cccc(OCC(=O)O)c3C[C@H]2C[C@H]1O)OC(=O)OCCO. The second-order valence-electron chi connectivity index (χ2n) is 10.9. The minimum Gasteiger partial charge on any atom is -0.482 e. The maximum atomic E-state index is 12.1. The van der Waals surface area contributed by atoms with Crippen molar-refractivity contribution in [2.45, 2.75) is 103 Å². The summed E-state index contributed by atoms with van der Waals surface area (Å²) in [6, 6.07) is 5.80. The molecular formula is C30H46O8. The number of aliphatic hydroxyl groups excluding tert-OH is 2. The third-order valence-corrected chi connectivity index (χ3v) is 8.22. The first-order chi connectivity index (χ1) is 18.4. The van der Waals surface area contributed by atoms with Crippen molar-refractivity contribution < 1.29 is 39.1 Å². The van der Waals surface area contributed by atoms with Gasteiger partial charge in [-0.1, -0.05) is 57.6 Å². The molecule has 8 heteroatoms. The number of fused-ring (bicyclic) bond motifs is 2. The lowest BCUT2D eigenvalue weighted by molar-refractivity contribution is -0.139. The van der Waals surface area contributed by atoms with Crippen LogP contribution in [0.5, 0.6) is 5.75 Å². The molecule has 1 fully saturated rings. The number of benzene rings is 1. The lowest BCUT2D eigenvalue weighted by Crippen LogP contribution is -2.29. The lowest BCUT2D eigenvalue weighted by atomic mass is 9.73. The fraction of sp³-hybridized carbons (Fsp3) is 0.733. The quantitative estimate of drug-likeness (QED) is 0.182. The van der Waals surface area contributed by atoms with Crippen molar-refractivity contribution in [2.75, 3.05) is 19.8 Å². The van der Waals surface area contributed by atoms with E-state index in [-0.39, 0.29) is 31.8 Å². The standard InChI is InChI=1S/C30H46O8/c1-2-3-4-5-6-7-8-11-23(38-30(35)36-16-15-31)13-14-24-25-17-21-10-9-12-28(37-20-29(33)34)26(21)18-22(25)19-27(24)32/h9-10,12,22-25,27,31-32H,2-8,11,13-20H2,1H3,(H,33,34)/t22-,23-,24+,25-,27+/m0/s1. The molecule has 2 aliphatic carbocycles. The summed E-state index contributed by atoms with van der Waals surface area (Å²) < 4.78 is 16.1. The van der Waals surface area contributed by atoms with E-state index in [1.165, 1.54) is 32.1 Å². The number of aliphatic carboxylic acids is 1. The molecule has 1 saturated carbocycles. The Morgan fingerprint density at radius 3 is 2.55 bits per heavy atom. The van der Waals surface area contributed by atoms with Gasteiger partial charge in [-0.05, 0) is 79.9 Å². The summed E-state index contributed by atoms with van der Waals surface area (Å²) in [6.45, 7) is 1.53. The van der Waals surface area contributed by atoms with Gasteiger partial charge in [0, 0.05) is 0 Å². The summed E-state index contributed by atoms with van der Waals surface area (Å²) in [5, 5.41) is 28.9. The Hall–Kier alpha value is -2.32. The monoisotopic (exact) mass is 534 g/mol. The Morgan fingerprint density at radius 1 is 1.05 bits per heavy atom. The van der Waals surface area contributed by atoms with Crippen molar-refractivity contribution in [3.63, 3.8) is 0 Å². The van der Waals surface area contributed by atoms with Gasteiger partial charge < -0.3 is 29.5 Å². The molecule has 1 aromatic rings. The van der Waals surface area contributed by atoms with E-state index in [9.17, 15) is 14.7 Å². The van der Waals surface area contributed by atoms with Crippen LogP contribution in [0.4, 0.5) is 4.79 Å². The number of carboxylic acid groups (broad SMARTS) is 1. The molecule has 0 aromatic heterocycles. The van der Waals surface area contributed by atoms with E-state index in [0.29, 0.717) is 30.4 Å². The highest BCUT2D eigenvalue weighted by Crippen LogP contribution is 2.48. The molecule has 0 saturated heterocycles. The van der Waals surface area contributed by atoms with Gasteiger partial charge in [-0.15, -0.1) is 0 Å². The van der Waals surface area contributed by atoms with Gasteiger partial charge in [0.2, 0.25) is 0 Å². The molecule has 0 spiro atoms. The zero-order valence-corrected chi connectivity index (χ0v) is 22.8. The number of hydrogen-bond acceptors (Lipinski definition) is 7. The fourth-order valence-electron chi connectivity index (χ4n) is 6.35. The first kappa shape index (κ1) is 30.2. The van der Waals surface area contributed by atoms with Crippen LogP contribution in [0.2, 0.25) is 0 Å². The molecule has 0 aliphatic heterocycles. The van der Waals surface area contributed by atoms with E-state index >= 15 is 0 Å². The number of carboxylic acids is 1. The minimum atomic E-state index is -0.999. The lowest BCUT2D eigenvalue weighted by Gasteiger charge is -2.32. The second kappa shape index (κ2) is 15.9. The predicted molar refractivity (Wildman–Crippen MR) is 143 cm³/mol. The summed E-state index contributed by atoms with van der Waals surface area (Å²) in [5.41, 5.74) is 2.23. The largest absolute Gasteiger partial charge is 0.508 e. The third kappa shape index (κ3) is 9.16. The topological polar surface area (TPSA) is 123 Å². The molecule has 0 amide bonds. The van der Waals surface area contributed by atoms with Crippen molar-refractivity contribution in [1.82, 2.24) is 0 Å². The molecule has 3 rings (SSSR count). The zero-order valence-electron chi connectivity index (χ0n) is 22.8. The summed E-state index contributed by atoms with van der Waals surface area (Å²) >= 11 is 0. The molecule has 3 N–H and O–H groups in total. The zero-order chi connectivity index (χ0) is 27.3. The van der Waals surface area contributed by atoms with Crippen LogP contribution in [0.3, 0.4) is 0 Å². The number of carbonyl (C=O) groups is 2. The molecule has 0 unspecified atom stereocenters. The average molecular weight is 535 g/mol. The number of aliphatic hydroxyl groups is 2. The first-order valence-corrected chi connectivity index (χ1v) is 14.5. The van der Waals surface area contributed by atoms with Crippen molar-refractivity contribution in [3.05, 3.63) is 29.3 Å². The van der Waals surface area contributed by atoms with Crippen LogP contribution in [0.1, 0.15) is 88.7 Å². The minimum absolute atomic E-state index is 0.0777. The van der Waals surface area contributed by atoms with Crippen LogP contribution in [0.25, 0.3) is 0 Å². The number of carbonyl (C=O) groups excluding carboxylic acids is 1. The van der Waals surface area contributed by atoms with Gasteiger partial charge in [-0.25, -0.2) is 9.59 Å². The third-order valence-electron chi connectivity index (χ3n) is 8.22. The van der Waals surface area contributed by atoms with Crippen LogP contribution >= 0.6 is 0 Å². The molecule has 0 bridgehead atoms. The van der Waals surface area contributed by atoms with Crippen LogP contribution < -0.4 is 4.74 Å². The normalized spacial score (nSPS) is 22.8. The van der Waals surface area contributed by atoms with Gasteiger partial charge in [-0.3, -0.25) is 0 Å². The number of rotatable bonds is 17. The Morgan fingerprint density at radius 2 is 1.82 bits per heavy atom. The van der Waals surface area contributed by atoms with Crippen LogP contribution in [-0.4, -0.2) is 59.5 Å². The van der Waals surface area contributed by atoms with E-state index in [1.54, 1.807) is 0 Å². The highest BCUT2D eigenvalue weighted by atomic mass is 16.7. The summed E-state index contributed by atoms with van der Waals surface area (Å²) in [4.78, 5) is 23.1. The average Bonchev–Trinajstić information content (AvgIpc) is 3.20. The summed E-state index contributed by atoms with van der Waals surface area (Å²) in [6.07, 6.45) is 11.4. The van der Waals surface area contributed by atoms with Crippen molar-refractivity contribution in [2.24, 2.45) is 17.8 Å². The maximum Gasteiger partial charge on any atom is 0.508 e. The Bertz CT molecular complexity index is 872. The molecule has 2 aliphatic rings. The van der Waals surface area contributed by atoms with E-state index in [0.717, 1.165) is 49.7 Å². The molecule has 0 radical (unpaired) electrons. The molecule has 0 heterocycles. The van der Waals surface area contributed by atoms with E-state index in [2.05, 4.69) is 13.0 Å². The van der Waals surface area contributed by atoms with Gasteiger partial charge in [0.15, 0.2) is 6.61 Å². The van der Waals surface area contributed by atoms with Gasteiger partial charge in [0.1, 0.15) is 18.5 Å². The highest BCUT2D eigenvalue weighted by molar-refractivity contribution is 5.68. The van der Waals surface area contributed by atoms with Gasteiger partial charge >= 0.3 is 12.1 Å². The van der Waals surface area contributed by atoms with Gasteiger partial charge in [0.25, 0.3) is 0 Å². The van der Waals surface area contributed by atoms with E-state index < -0.39 is 18.2 Å². The maximum absolute atomic E-state index is 12.1. The second-order valence-corrected chi connectivity index (χ2v) is 10.9. The first-order valence-electron chi connectivity index (χ1n) is 14.5. The van der Waals surface area contributed by atoms with Crippen molar-refractivity contribution in [3.8, 4) is 5.75 Å². The van der Waals surface area contributed by atoms with E-state index in [1.807, 2.05) is 12.1 Å². The van der Waals surface area contributed by atoms with Crippen molar-refractivity contribution in [1.29, 1.82) is 0 Å². The molecule has 1 aromatic carbocycles.